The van der Waals surface area contributed by atoms with Gasteiger partial charge < -0.3 is 10.5 Å². The molecular weight excluding hydrogens is 228 g/mol. The maximum atomic E-state index is 11.7. The highest BCUT2D eigenvalue weighted by molar-refractivity contribution is 5.79. The van der Waals surface area contributed by atoms with Crippen LogP contribution in [0.2, 0.25) is 0 Å². The monoisotopic (exact) mass is 256 g/mol. The number of likely N-dealkylation sites (tertiary alicyclic amines) is 1. The van der Waals surface area contributed by atoms with E-state index in [1.807, 2.05) is 6.92 Å². The van der Waals surface area contributed by atoms with Crippen molar-refractivity contribution in [1.29, 1.82) is 0 Å². The van der Waals surface area contributed by atoms with Gasteiger partial charge in [0.1, 0.15) is 5.54 Å². The summed E-state index contributed by atoms with van der Waals surface area (Å²) in [5.74, 6) is -0.290. The van der Waals surface area contributed by atoms with E-state index in [0.717, 1.165) is 6.54 Å². The Kier molecular flexibility index (Phi) is 5.60. The summed E-state index contributed by atoms with van der Waals surface area (Å²) in [6, 6.07) is 1.18. The Morgan fingerprint density at radius 3 is 2.44 bits per heavy atom. The van der Waals surface area contributed by atoms with E-state index in [4.69, 9.17) is 10.5 Å². The maximum absolute atomic E-state index is 11.7. The van der Waals surface area contributed by atoms with Crippen molar-refractivity contribution >= 4 is 5.97 Å². The quantitative estimate of drug-likeness (QED) is 0.764. The van der Waals surface area contributed by atoms with Crippen LogP contribution in [-0.2, 0) is 9.53 Å². The Morgan fingerprint density at radius 2 is 1.94 bits per heavy atom. The van der Waals surface area contributed by atoms with Crippen LogP contribution in [0.25, 0.3) is 0 Å². The molecule has 0 aromatic heterocycles. The van der Waals surface area contributed by atoms with Gasteiger partial charge in [-0.25, -0.2) is 0 Å². The minimum atomic E-state index is -0.868. The fourth-order valence-corrected chi connectivity index (χ4v) is 2.67. The number of hydrogen-bond acceptors (Lipinski definition) is 4. The molecule has 1 heterocycles. The van der Waals surface area contributed by atoms with Crippen LogP contribution in [0, 0.1) is 0 Å². The molecule has 2 N–H and O–H groups in total. The first kappa shape index (κ1) is 15.4. The van der Waals surface area contributed by atoms with Crippen LogP contribution < -0.4 is 5.73 Å². The molecule has 0 spiro atoms. The number of ether oxygens (including phenoxy) is 1. The Morgan fingerprint density at radius 1 is 1.39 bits per heavy atom. The Balaban J connectivity index is 2.49. The van der Waals surface area contributed by atoms with Crippen molar-refractivity contribution in [3.05, 3.63) is 0 Å². The third-order valence-electron chi connectivity index (χ3n) is 4.01. The van der Waals surface area contributed by atoms with Gasteiger partial charge in [0.25, 0.3) is 0 Å². The number of piperidine rings is 1. The fourth-order valence-electron chi connectivity index (χ4n) is 2.67. The van der Waals surface area contributed by atoms with Crippen molar-refractivity contribution in [3.63, 3.8) is 0 Å². The van der Waals surface area contributed by atoms with E-state index in [2.05, 4.69) is 18.7 Å². The molecule has 1 rings (SSSR count). The van der Waals surface area contributed by atoms with Gasteiger partial charge in [0, 0.05) is 18.6 Å². The molecule has 0 bridgehead atoms. The average molecular weight is 256 g/mol. The second kappa shape index (κ2) is 6.53. The highest BCUT2D eigenvalue weighted by Gasteiger charge is 2.32. The molecule has 0 amide bonds. The summed E-state index contributed by atoms with van der Waals surface area (Å²) in [4.78, 5) is 14.2. The second-order valence-electron chi connectivity index (χ2n) is 5.75. The van der Waals surface area contributed by atoms with Gasteiger partial charge in [-0.05, 0) is 47.0 Å². The molecule has 0 radical (unpaired) electrons. The van der Waals surface area contributed by atoms with E-state index in [0.29, 0.717) is 25.1 Å². The molecule has 18 heavy (non-hydrogen) atoms. The predicted molar refractivity (Wildman–Crippen MR) is 73.3 cm³/mol. The lowest BCUT2D eigenvalue weighted by atomic mass is 9.94. The Hall–Kier alpha value is -0.610. The van der Waals surface area contributed by atoms with E-state index >= 15 is 0 Å². The largest absolute Gasteiger partial charge is 0.465 e. The third-order valence-corrected chi connectivity index (χ3v) is 4.01. The van der Waals surface area contributed by atoms with E-state index in [1.54, 1.807) is 6.92 Å². The standard InChI is InChI=1S/C14H28N2O2/c1-5-18-13(17)14(4,15)9-10-16-11(2)7-6-8-12(16)3/h11-12H,5-10,15H2,1-4H3/t11-,12+,14?. The normalized spacial score (nSPS) is 28.7. The van der Waals surface area contributed by atoms with E-state index in [-0.39, 0.29) is 5.97 Å². The summed E-state index contributed by atoms with van der Waals surface area (Å²) in [5, 5.41) is 0. The van der Waals surface area contributed by atoms with Gasteiger partial charge in [0.2, 0.25) is 0 Å². The minimum Gasteiger partial charge on any atom is -0.465 e. The van der Waals surface area contributed by atoms with Gasteiger partial charge in [0.05, 0.1) is 6.61 Å². The highest BCUT2D eigenvalue weighted by Crippen LogP contribution is 2.23. The number of nitrogens with zero attached hydrogens (tertiary/aromatic N) is 1. The number of carbonyl (C=O) groups is 1. The van der Waals surface area contributed by atoms with Crippen LogP contribution in [0.4, 0.5) is 0 Å². The average Bonchev–Trinajstić information content (AvgIpc) is 2.28. The van der Waals surface area contributed by atoms with Crippen molar-refractivity contribution in [2.45, 2.75) is 71.0 Å². The molecule has 1 saturated heterocycles. The molecule has 0 saturated carbocycles. The van der Waals surface area contributed by atoms with Crippen molar-refractivity contribution in [2.75, 3.05) is 13.2 Å². The van der Waals surface area contributed by atoms with Crippen LogP contribution in [-0.4, -0.2) is 41.6 Å². The summed E-state index contributed by atoms with van der Waals surface area (Å²) < 4.78 is 5.02. The summed E-state index contributed by atoms with van der Waals surface area (Å²) in [6.07, 6.45) is 4.44. The molecule has 1 aliphatic rings. The lowest BCUT2D eigenvalue weighted by Gasteiger charge is -2.40. The molecule has 0 aromatic carbocycles. The number of nitrogens with two attached hydrogens (primary N) is 1. The highest BCUT2D eigenvalue weighted by atomic mass is 16.5. The number of esters is 1. The summed E-state index contributed by atoms with van der Waals surface area (Å²) in [7, 11) is 0. The first-order valence-electron chi connectivity index (χ1n) is 7.10. The number of rotatable bonds is 5. The van der Waals surface area contributed by atoms with Gasteiger partial charge in [-0.3, -0.25) is 9.69 Å². The smallest absolute Gasteiger partial charge is 0.325 e. The lowest BCUT2D eigenvalue weighted by molar-refractivity contribution is -0.149. The minimum absolute atomic E-state index is 0.290. The van der Waals surface area contributed by atoms with Gasteiger partial charge in [-0.2, -0.15) is 0 Å². The van der Waals surface area contributed by atoms with Crippen molar-refractivity contribution < 1.29 is 9.53 Å². The zero-order valence-electron chi connectivity index (χ0n) is 12.2. The van der Waals surface area contributed by atoms with Crippen LogP contribution in [0.3, 0.4) is 0 Å². The zero-order valence-corrected chi connectivity index (χ0v) is 12.2. The second-order valence-corrected chi connectivity index (χ2v) is 5.75. The number of hydrogen-bond donors (Lipinski definition) is 1. The molecular formula is C14H28N2O2. The molecule has 1 fully saturated rings. The van der Waals surface area contributed by atoms with Crippen LogP contribution in [0.5, 0.6) is 0 Å². The predicted octanol–water partition coefficient (Wildman–Crippen LogP) is 1.92. The molecule has 0 aliphatic carbocycles. The summed E-state index contributed by atoms with van der Waals surface area (Å²) in [5.41, 5.74) is 5.19. The zero-order chi connectivity index (χ0) is 13.8. The van der Waals surface area contributed by atoms with Gasteiger partial charge in [-0.1, -0.05) is 6.42 Å². The van der Waals surface area contributed by atoms with E-state index in [1.165, 1.54) is 19.3 Å². The molecule has 4 heteroatoms. The van der Waals surface area contributed by atoms with Crippen molar-refractivity contribution in [2.24, 2.45) is 5.73 Å². The van der Waals surface area contributed by atoms with Crippen LogP contribution in [0.15, 0.2) is 0 Å². The SMILES string of the molecule is CCOC(=O)C(C)(N)CCN1[C@H](C)CCC[C@@H]1C. The van der Waals surface area contributed by atoms with Crippen LogP contribution in [0.1, 0.15) is 53.4 Å². The fraction of sp³-hybridized carbons (Fsp3) is 0.929. The van der Waals surface area contributed by atoms with Gasteiger partial charge in [-0.15, -0.1) is 0 Å². The van der Waals surface area contributed by atoms with Gasteiger partial charge >= 0.3 is 5.97 Å². The molecule has 1 aliphatic heterocycles. The van der Waals surface area contributed by atoms with Crippen molar-refractivity contribution in [3.8, 4) is 0 Å². The first-order chi connectivity index (χ1) is 8.38. The van der Waals surface area contributed by atoms with Crippen molar-refractivity contribution in [1.82, 2.24) is 4.90 Å². The Labute approximate surface area is 111 Å². The number of carbonyl (C=O) groups excluding carboxylic acids is 1. The molecule has 0 aromatic rings. The van der Waals surface area contributed by atoms with E-state index in [9.17, 15) is 4.79 Å². The summed E-state index contributed by atoms with van der Waals surface area (Å²) >= 11 is 0. The lowest BCUT2D eigenvalue weighted by Crippen LogP contribution is -2.51. The van der Waals surface area contributed by atoms with E-state index < -0.39 is 5.54 Å². The van der Waals surface area contributed by atoms with Gasteiger partial charge in [0.15, 0.2) is 0 Å². The Bertz CT molecular complexity index is 269. The molecule has 1 unspecified atom stereocenters. The van der Waals surface area contributed by atoms with Crippen LogP contribution >= 0.6 is 0 Å². The topological polar surface area (TPSA) is 55.6 Å². The molecule has 106 valence electrons. The first-order valence-corrected chi connectivity index (χ1v) is 7.10. The molecule has 3 atom stereocenters. The third kappa shape index (κ3) is 3.95. The molecule has 4 nitrogen and oxygen atoms in total. The maximum Gasteiger partial charge on any atom is 0.325 e. The summed E-state index contributed by atoms with van der Waals surface area (Å²) in [6.45, 7) is 9.35.